The quantitative estimate of drug-likeness (QED) is 0.848. The van der Waals surface area contributed by atoms with Crippen LogP contribution >= 0.6 is 0 Å². The number of esters is 1. The van der Waals surface area contributed by atoms with E-state index in [0.717, 1.165) is 25.9 Å². The minimum Gasteiger partial charge on any atom is -0.465 e. The molecule has 0 saturated carbocycles. The molecule has 1 aromatic rings. The number of ether oxygens (including phenoxy) is 1. The first-order valence-corrected chi connectivity index (χ1v) is 7.42. The number of carbonyl (C=O) groups is 1. The Morgan fingerprint density at radius 2 is 2.00 bits per heavy atom. The maximum absolute atomic E-state index is 11.7. The maximum Gasteiger partial charge on any atom is 0.340 e. The number of rotatable bonds is 2. The van der Waals surface area contributed by atoms with E-state index < -0.39 is 5.97 Å². The molecule has 21 heavy (non-hydrogen) atoms. The molecule has 0 aromatic carbocycles. The zero-order valence-electron chi connectivity index (χ0n) is 13.3. The van der Waals surface area contributed by atoms with Gasteiger partial charge in [-0.15, -0.1) is 0 Å². The molecule has 1 fully saturated rings. The fourth-order valence-corrected chi connectivity index (χ4v) is 2.96. The van der Waals surface area contributed by atoms with Crippen molar-refractivity contribution in [2.75, 3.05) is 30.8 Å². The average molecular weight is 291 g/mol. The predicted molar refractivity (Wildman–Crippen MR) is 84.4 cm³/mol. The van der Waals surface area contributed by atoms with Crippen LogP contribution in [0.4, 0.5) is 11.5 Å². The molecule has 1 aliphatic rings. The van der Waals surface area contributed by atoms with Crippen molar-refractivity contribution in [3.8, 4) is 0 Å². The van der Waals surface area contributed by atoms with Crippen molar-refractivity contribution in [3.05, 3.63) is 17.8 Å². The number of hydrogen-bond donors (Lipinski definition) is 1. The van der Waals surface area contributed by atoms with Gasteiger partial charge in [0.05, 0.1) is 18.4 Å². The van der Waals surface area contributed by atoms with Gasteiger partial charge in [-0.2, -0.15) is 0 Å². The van der Waals surface area contributed by atoms with Gasteiger partial charge in [0.25, 0.3) is 0 Å². The Morgan fingerprint density at radius 3 is 2.52 bits per heavy atom. The largest absolute Gasteiger partial charge is 0.465 e. The summed E-state index contributed by atoms with van der Waals surface area (Å²) in [6.45, 7) is 8.71. The topological polar surface area (TPSA) is 68.5 Å². The van der Waals surface area contributed by atoms with Crippen molar-refractivity contribution in [1.29, 1.82) is 0 Å². The number of nitrogens with zero attached hydrogens (tertiary/aromatic N) is 2. The van der Waals surface area contributed by atoms with Crippen molar-refractivity contribution in [2.45, 2.75) is 33.6 Å². The van der Waals surface area contributed by atoms with Crippen LogP contribution in [0.25, 0.3) is 0 Å². The molecule has 1 saturated heterocycles. The summed E-state index contributed by atoms with van der Waals surface area (Å²) in [6.07, 6.45) is 3.86. The summed E-state index contributed by atoms with van der Waals surface area (Å²) in [5.74, 6) is 0.991. The van der Waals surface area contributed by atoms with Crippen molar-refractivity contribution in [2.24, 2.45) is 11.3 Å². The Kier molecular flexibility index (Phi) is 4.40. The summed E-state index contributed by atoms with van der Waals surface area (Å²) >= 11 is 0. The second-order valence-corrected chi connectivity index (χ2v) is 6.71. The lowest BCUT2D eigenvalue weighted by atomic mass is 9.75. The molecule has 0 unspecified atom stereocenters. The summed E-state index contributed by atoms with van der Waals surface area (Å²) < 4.78 is 4.76. The molecule has 0 bridgehead atoms. The lowest BCUT2D eigenvalue weighted by molar-refractivity contribution is 0.0602. The summed E-state index contributed by atoms with van der Waals surface area (Å²) in [7, 11) is 1.36. The van der Waals surface area contributed by atoms with Crippen molar-refractivity contribution in [1.82, 2.24) is 4.98 Å². The summed E-state index contributed by atoms with van der Waals surface area (Å²) in [5, 5.41) is 0. The molecule has 2 rings (SSSR count). The molecule has 0 atom stereocenters. The Balaban J connectivity index is 2.16. The molecule has 0 radical (unpaired) electrons. The summed E-state index contributed by atoms with van der Waals surface area (Å²) in [5.41, 5.74) is 7.24. The summed E-state index contributed by atoms with van der Waals surface area (Å²) in [6, 6.07) is 1.60. The number of nitrogens with two attached hydrogens (primary N) is 1. The highest BCUT2D eigenvalue weighted by Crippen LogP contribution is 2.36. The van der Waals surface area contributed by atoms with E-state index in [4.69, 9.17) is 10.5 Å². The predicted octanol–water partition coefficient (Wildman–Crippen LogP) is 2.71. The molecule has 0 aliphatic carbocycles. The zero-order chi connectivity index (χ0) is 15.6. The van der Waals surface area contributed by atoms with Crippen LogP contribution in [0.2, 0.25) is 0 Å². The van der Waals surface area contributed by atoms with Gasteiger partial charge in [-0.1, -0.05) is 20.8 Å². The van der Waals surface area contributed by atoms with Gasteiger partial charge >= 0.3 is 5.97 Å². The second-order valence-electron chi connectivity index (χ2n) is 6.71. The van der Waals surface area contributed by atoms with E-state index in [1.165, 1.54) is 7.11 Å². The molecule has 5 heteroatoms. The van der Waals surface area contributed by atoms with E-state index >= 15 is 0 Å². The SMILES string of the molecule is COC(=O)c1ccnc(N2CCC(C(C)(C)C)CC2)c1N. The van der Waals surface area contributed by atoms with Crippen molar-refractivity contribution < 1.29 is 9.53 Å². The molecule has 1 aliphatic heterocycles. The van der Waals surface area contributed by atoms with Crippen LogP contribution in [-0.4, -0.2) is 31.2 Å². The van der Waals surface area contributed by atoms with Crippen LogP contribution in [0.5, 0.6) is 0 Å². The molecule has 5 nitrogen and oxygen atoms in total. The van der Waals surface area contributed by atoms with Gasteiger partial charge in [-0.25, -0.2) is 9.78 Å². The average Bonchev–Trinajstić information content (AvgIpc) is 2.46. The first-order chi connectivity index (χ1) is 9.84. The summed E-state index contributed by atoms with van der Waals surface area (Å²) in [4.78, 5) is 18.2. The fraction of sp³-hybridized carbons (Fsp3) is 0.625. The molecular formula is C16H25N3O2. The number of aromatic nitrogens is 1. The minimum atomic E-state index is -0.416. The van der Waals surface area contributed by atoms with E-state index in [9.17, 15) is 4.79 Å². The molecule has 2 N–H and O–H groups in total. The number of carbonyl (C=O) groups excluding carboxylic acids is 1. The van der Waals surface area contributed by atoms with E-state index in [0.29, 0.717) is 28.4 Å². The van der Waals surface area contributed by atoms with Crippen molar-refractivity contribution in [3.63, 3.8) is 0 Å². The Bertz CT molecular complexity index is 515. The third kappa shape index (κ3) is 3.28. The molecule has 116 valence electrons. The molecule has 0 spiro atoms. The molecular weight excluding hydrogens is 266 g/mol. The number of pyridine rings is 1. The van der Waals surface area contributed by atoms with Gasteiger partial charge < -0.3 is 15.4 Å². The molecule has 2 heterocycles. The molecule has 0 amide bonds. The van der Waals surface area contributed by atoms with Crippen LogP contribution in [0.3, 0.4) is 0 Å². The number of piperidine rings is 1. The van der Waals surface area contributed by atoms with E-state index in [-0.39, 0.29) is 0 Å². The highest BCUT2D eigenvalue weighted by atomic mass is 16.5. The first kappa shape index (κ1) is 15.6. The first-order valence-electron chi connectivity index (χ1n) is 7.42. The van der Waals surface area contributed by atoms with Gasteiger partial charge in [0, 0.05) is 19.3 Å². The highest BCUT2D eigenvalue weighted by Gasteiger charge is 2.30. The monoisotopic (exact) mass is 291 g/mol. The van der Waals surface area contributed by atoms with Crippen LogP contribution in [0.15, 0.2) is 12.3 Å². The van der Waals surface area contributed by atoms with Crippen LogP contribution in [0, 0.1) is 11.3 Å². The van der Waals surface area contributed by atoms with Gasteiger partial charge in [-0.3, -0.25) is 0 Å². The van der Waals surface area contributed by atoms with E-state index in [2.05, 4.69) is 30.7 Å². The maximum atomic E-state index is 11.7. The van der Waals surface area contributed by atoms with Crippen molar-refractivity contribution >= 4 is 17.5 Å². The Morgan fingerprint density at radius 1 is 1.38 bits per heavy atom. The number of hydrogen-bond acceptors (Lipinski definition) is 5. The van der Waals surface area contributed by atoms with E-state index in [1.54, 1.807) is 12.3 Å². The van der Waals surface area contributed by atoms with Gasteiger partial charge in [0.1, 0.15) is 0 Å². The number of methoxy groups -OCH3 is 1. The Hall–Kier alpha value is -1.78. The standard InChI is InChI=1S/C16H25N3O2/c1-16(2,3)11-6-9-19(10-7-11)14-13(17)12(5-8-18-14)15(20)21-4/h5,8,11H,6-7,9-10,17H2,1-4H3. The third-order valence-corrected chi connectivity index (χ3v) is 4.39. The normalized spacial score (nSPS) is 16.9. The highest BCUT2D eigenvalue weighted by molar-refractivity contribution is 5.97. The van der Waals surface area contributed by atoms with Gasteiger partial charge in [0.15, 0.2) is 5.82 Å². The number of nitrogen functional groups attached to an aromatic ring is 1. The molecule has 1 aromatic heterocycles. The zero-order valence-corrected chi connectivity index (χ0v) is 13.3. The van der Waals surface area contributed by atoms with Crippen LogP contribution in [0.1, 0.15) is 44.0 Å². The van der Waals surface area contributed by atoms with Crippen LogP contribution in [-0.2, 0) is 4.74 Å². The second kappa shape index (κ2) is 5.92. The van der Waals surface area contributed by atoms with Crippen LogP contribution < -0.4 is 10.6 Å². The fourth-order valence-electron chi connectivity index (χ4n) is 2.96. The van der Waals surface area contributed by atoms with Gasteiger partial charge in [-0.05, 0) is 30.2 Å². The Labute approximate surface area is 126 Å². The minimum absolute atomic E-state index is 0.332. The van der Waals surface area contributed by atoms with Gasteiger partial charge in [0.2, 0.25) is 0 Å². The third-order valence-electron chi connectivity index (χ3n) is 4.39. The lowest BCUT2D eigenvalue weighted by Crippen LogP contribution is -2.38. The lowest BCUT2D eigenvalue weighted by Gasteiger charge is -2.39. The number of anilines is 2. The smallest absolute Gasteiger partial charge is 0.340 e. The van der Waals surface area contributed by atoms with E-state index in [1.807, 2.05) is 0 Å².